The minimum Gasteiger partial charge on any atom is -0.493 e. The van der Waals surface area contributed by atoms with Crippen molar-refractivity contribution in [3.63, 3.8) is 0 Å². The van der Waals surface area contributed by atoms with Gasteiger partial charge in [0.05, 0.1) is 47.6 Å². The topological polar surface area (TPSA) is 225 Å². The van der Waals surface area contributed by atoms with E-state index in [1.165, 1.54) is 4.90 Å². The number of aromatic nitrogens is 3. The van der Waals surface area contributed by atoms with Gasteiger partial charge in [0.15, 0.2) is 5.78 Å². The van der Waals surface area contributed by atoms with Crippen molar-refractivity contribution in [3.05, 3.63) is 82.7 Å². The van der Waals surface area contributed by atoms with E-state index in [9.17, 15) is 38.4 Å². The van der Waals surface area contributed by atoms with Gasteiger partial charge in [0, 0.05) is 103 Å². The number of hydrogen-bond donors (Lipinski definition) is 3. The molecule has 69 heavy (non-hydrogen) atoms. The van der Waals surface area contributed by atoms with Crippen molar-refractivity contribution >= 4 is 70.5 Å². The van der Waals surface area contributed by atoms with E-state index in [0.717, 1.165) is 24.9 Å². The second-order valence-corrected chi connectivity index (χ2v) is 18.1. The molecule has 2 unspecified atom stereocenters. The molecular formula is C50H61N9O10. The zero-order chi connectivity index (χ0) is 49.4. The fourth-order valence-electron chi connectivity index (χ4n) is 8.89. The molecule has 366 valence electrons. The van der Waals surface area contributed by atoms with Crippen molar-refractivity contribution in [2.75, 3.05) is 43.5 Å². The van der Waals surface area contributed by atoms with Crippen molar-refractivity contribution in [3.8, 4) is 5.75 Å². The van der Waals surface area contributed by atoms with E-state index in [1.54, 1.807) is 84.6 Å². The van der Waals surface area contributed by atoms with Crippen LogP contribution in [0.25, 0.3) is 0 Å². The van der Waals surface area contributed by atoms with Crippen molar-refractivity contribution in [1.82, 2.24) is 28.8 Å². The molecule has 2 atom stereocenters. The van der Waals surface area contributed by atoms with E-state index in [-0.39, 0.29) is 98.7 Å². The standard InChI is InChI=1S/C50H61N9O10/c1-31-20-37-38(52-27-36-12-9-17-58(36)50(37)67)26-43(31)68-18-10-13-44(61)53-34-24-39(56(4)29-34)42(60)23-33-22-40(55(3)28-33)48(65)54-35-25-41(57(5)30-35)47(64)51-15-11-19-69-46(63)14-7-6-8-16-59-45(62)21-32(2)49(59)66/h20,22,24-30,32,36H,6-19,21,23H2,1-5H3,(H,51,64)(H,53,61)(H,54,65). The number of carbonyl (C=O) groups is 8. The lowest BCUT2D eigenvalue weighted by Crippen LogP contribution is -2.35. The summed E-state index contributed by atoms with van der Waals surface area (Å²) in [6.07, 6.45) is 12.1. The monoisotopic (exact) mass is 947 g/mol. The average Bonchev–Trinajstić information content (AvgIpc) is 4.13. The Morgan fingerprint density at radius 1 is 0.783 bits per heavy atom. The summed E-state index contributed by atoms with van der Waals surface area (Å²) >= 11 is 0. The summed E-state index contributed by atoms with van der Waals surface area (Å²) in [6, 6.07) is 8.44. The molecule has 19 heteroatoms. The van der Waals surface area contributed by atoms with Gasteiger partial charge in [-0.3, -0.25) is 48.2 Å². The molecule has 3 aliphatic rings. The smallest absolute Gasteiger partial charge is 0.305 e. The number of esters is 1. The molecule has 0 spiro atoms. The normalized spacial score (nSPS) is 16.3. The molecule has 3 N–H and O–H groups in total. The number of benzene rings is 1. The lowest BCUT2D eigenvalue weighted by molar-refractivity contribution is -0.144. The number of amides is 6. The van der Waals surface area contributed by atoms with Crippen LogP contribution >= 0.6 is 0 Å². The molecule has 0 radical (unpaired) electrons. The highest BCUT2D eigenvalue weighted by Crippen LogP contribution is 2.34. The predicted molar refractivity (Wildman–Crippen MR) is 256 cm³/mol. The lowest BCUT2D eigenvalue weighted by Gasteiger charge is -2.20. The second kappa shape index (κ2) is 22.2. The maximum Gasteiger partial charge on any atom is 0.305 e. The first-order valence-corrected chi connectivity index (χ1v) is 23.6. The Labute approximate surface area is 400 Å². The van der Waals surface area contributed by atoms with Crippen LogP contribution in [-0.2, 0) is 51.5 Å². The van der Waals surface area contributed by atoms with Crippen LogP contribution < -0.4 is 20.7 Å². The number of aryl methyl sites for hydroxylation is 4. The van der Waals surface area contributed by atoms with E-state index in [4.69, 9.17) is 9.47 Å². The highest BCUT2D eigenvalue weighted by Gasteiger charge is 2.35. The minimum atomic E-state index is -0.435. The van der Waals surface area contributed by atoms with Gasteiger partial charge in [-0.05, 0) is 80.8 Å². The molecule has 1 aromatic carbocycles. The maximum absolute atomic E-state index is 13.5. The minimum absolute atomic E-state index is 0.00549. The molecule has 0 saturated carbocycles. The molecule has 4 aromatic rings. The number of carbonyl (C=O) groups excluding carboxylic acids is 8. The molecule has 3 aromatic heterocycles. The molecule has 0 aliphatic carbocycles. The van der Waals surface area contributed by atoms with Gasteiger partial charge in [-0.15, -0.1) is 0 Å². The number of ketones is 1. The van der Waals surface area contributed by atoms with E-state index < -0.39 is 5.91 Å². The fourth-order valence-corrected chi connectivity index (χ4v) is 8.89. The number of fused-ring (bicyclic) bond motifs is 2. The molecule has 6 heterocycles. The largest absolute Gasteiger partial charge is 0.493 e. The third kappa shape index (κ3) is 12.2. The molecule has 6 amide bonds. The van der Waals surface area contributed by atoms with Crippen LogP contribution in [0.1, 0.15) is 124 Å². The highest BCUT2D eigenvalue weighted by atomic mass is 16.5. The Bertz CT molecular complexity index is 2670. The third-order valence-corrected chi connectivity index (χ3v) is 12.6. The summed E-state index contributed by atoms with van der Waals surface area (Å²) in [6.45, 7) is 5.40. The zero-order valence-electron chi connectivity index (χ0n) is 39.9. The van der Waals surface area contributed by atoms with Gasteiger partial charge in [-0.25, -0.2) is 0 Å². The van der Waals surface area contributed by atoms with Gasteiger partial charge in [0.25, 0.3) is 17.7 Å². The summed E-state index contributed by atoms with van der Waals surface area (Å²) in [5.74, 6) is -1.54. The summed E-state index contributed by atoms with van der Waals surface area (Å²) in [7, 11) is 5.10. The number of aliphatic imine (C=N–C) groups is 1. The first-order valence-electron chi connectivity index (χ1n) is 23.6. The molecule has 2 saturated heterocycles. The van der Waals surface area contributed by atoms with Crippen LogP contribution in [-0.4, -0.2) is 116 Å². The SMILES string of the molecule is Cc1cc2c(cc1OCCCC(=O)Nc1cc(C(=O)Cc3cc(C(=O)Nc4cc(C(=O)NCCCOC(=O)CCCCCN5C(=O)CC(C)C5=O)n(C)c4)n(C)c3)n(C)c1)N=CC1CCCN1C2=O. The lowest BCUT2D eigenvalue weighted by atomic mass is 10.1. The van der Waals surface area contributed by atoms with Crippen LogP contribution in [0, 0.1) is 12.8 Å². The van der Waals surface area contributed by atoms with Crippen LogP contribution in [0.5, 0.6) is 5.75 Å². The van der Waals surface area contributed by atoms with E-state index >= 15 is 0 Å². The third-order valence-electron chi connectivity index (χ3n) is 12.6. The Morgan fingerprint density at radius 3 is 2.28 bits per heavy atom. The van der Waals surface area contributed by atoms with E-state index in [1.807, 2.05) is 24.1 Å². The Morgan fingerprint density at radius 2 is 1.51 bits per heavy atom. The van der Waals surface area contributed by atoms with Crippen molar-refractivity contribution in [2.45, 2.75) is 90.5 Å². The van der Waals surface area contributed by atoms with Crippen LogP contribution in [0.3, 0.4) is 0 Å². The highest BCUT2D eigenvalue weighted by molar-refractivity contribution is 6.06. The number of ether oxygens (including phenoxy) is 2. The molecule has 0 bridgehead atoms. The van der Waals surface area contributed by atoms with Crippen LogP contribution in [0.4, 0.5) is 17.1 Å². The Balaban J connectivity index is 0.797. The number of nitrogens with zero attached hydrogens (tertiary/aromatic N) is 6. The van der Waals surface area contributed by atoms with Gasteiger partial charge in [-0.1, -0.05) is 13.3 Å². The number of unbranched alkanes of at least 4 members (excludes halogenated alkanes) is 2. The molecule has 3 aliphatic heterocycles. The first-order chi connectivity index (χ1) is 33.1. The van der Waals surface area contributed by atoms with Crippen molar-refractivity contribution < 1.29 is 47.8 Å². The number of Topliss-reactive ketones (excluding diaryl/α,β-unsaturated/α-hetero) is 1. The molecule has 2 fully saturated rings. The number of rotatable bonds is 22. The van der Waals surface area contributed by atoms with Gasteiger partial charge in [-0.2, -0.15) is 0 Å². The van der Waals surface area contributed by atoms with Gasteiger partial charge >= 0.3 is 5.97 Å². The van der Waals surface area contributed by atoms with Gasteiger partial charge < -0.3 is 44.0 Å². The first kappa shape index (κ1) is 49.6. The van der Waals surface area contributed by atoms with Gasteiger partial charge in [0.2, 0.25) is 17.7 Å². The number of imide groups is 1. The Hall–Kier alpha value is -7.31. The predicted octanol–water partition coefficient (Wildman–Crippen LogP) is 5.42. The quantitative estimate of drug-likeness (QED) is 0.0392. The summed E-state index contributed by atoms with van der Waals surface area (Å²) in [5.41, 5.74) is 4.45. The van der Waals surface area contributed by atoms with Crippen LogP contribution in [0.15, 0.2) is 53.9 Å². The van der Waals surface area contributed by atoms with E-state index in [0.29, 0.717) is 89.7 Å². The molecule has 19 nitrogen and oxygen atoms in total. The number of likely N-dealkylation sites (tertiary alicyclic amines) is 1. The maximum atomic E-state index is 13.5. The zero-order valence-corrected chi connectivity index (χ0v) is 39.9. The summed E-state index contributed by atoms with van der Waals surface area (Å²) < 4.78 is 16.1. The van der Waals surface area contributed by atoms with E-state index in [2.05, 4.69) is 20.9 Å². The second-order valence-electron chi connectivity index (χ2n) is 18.1. The molecule has 7 rings (SSSR count). The number of nitrogens with one attached hydrogen (secondary N) is 3. The number of hydrogen-bond acceptors (Lipinski definition) is 11. The molecular weight excluding hydrogens is 887 g/mol. The summed E-state index contributed by atoms with van der Waals surface area (Å²) in [4.78, 5) is 110. The van der Waals surface area contributed by atoms with Gasteiger partial charge in [0.1, 0.15) is 17.1 Å². The summed E-state index contributed by atoms with van der Waals surface area (Å²) in [5, 5.41) is 8.48. The van der Waals surface area contributed by atoms with Crippen molar-refractivity contribution in [1.29, 1.82) is 0 Å². The number of anilines is 2. The van der Waals surface area contributed by atoms with Crippen LogP contribution in [0.2, 0.25) is 0 Å². The fraction of sp³-hybridized carbons (Fsp3) is 0.460. The van der Waals surface area contributed by atoms with Crippen molar-refractivity contribution in [2.24, 2.45) is 32.1 Å². The average molecular weight is 948 g/mol. The Kier molecular flexibility index (Phi) is 16.0.